The van der Waals surface area contributed by atoms with Crippen LogP contribution in [0, 0.1) is 0 Å². The van der Waals surface area contributed by atoms with Crippen LogP contribution in [0.2, 0.25) is 0 Å². The summed E-state index contributed by atoms with van der Waals surface area (Å²) in [5, 5.41) is 7.29. The molecule has 3 N–H and O–H groups in total. The topological polar surface area (TPSA) is 84.6 Å². The molecule has 0 unspecified atom stereocenters. The van der Waals surface area contributed by atoms with E-state index in [9.17, 15) is 4.79 Å². The van der Waals surface area contributed by atoms with Crippen molar-refractivity contribution >= 4 is 34.2 Å². The molecular weight excluding hydrogens is 438 g/mol. The summed E-state index contributed by atoms with van der Waals surface area (Å²) in [6, 6.07) is 13.2. The van der Waals surface area contributed by atoms with Crippen LogP contribution >= 0.6 is 12.2 Å². The molecule has 0 aliphatic carbocycles. The maximum atomic E-state index is 12.5. The summed E-state index contributed by atoms with van der Waals surface area (Å²) in [5.41, 5.74) is 2.42. The number of amides is 1. The smallest absolute Gasteiger partial charge is 0.408 e. The Morgan fingerprint density at radius 1 is 1.09 bits per heavy atom. The number of carbonyl (C=O) groups excluding carboxylic acids is 1. The molecule has 0 bridgehead atoms. The third-order valence-corrected chi connectivity index (χ3v) is 5.41. The Hall–Kier alpha value is -3.26. The second-order valence-electron chi connectivity index (χ2n) is 8.70. The summed E-state index contributed by atoms with van der Waals surface area (Å²) in [5.74, 6) is 1.39. The molecule has 3 aromatic rings. The summed E-state index contributed by atoms with van der Waals surface area (Å²) in [6.07, 6.45) is 1.94. The first kappa shape index (κ1) is 24.4. The molecule has 0 aliphatic heterocycles. The van der Waals surface area contributed by atoms with Crippen molar-refractivity contribution in [1.29, 1.82) is 0 Å². The van der Waals surface area contributed by atoms with Crippen molar-refractivity contribution < 1.29 is 19.0 Å². The fourth-order valence-corrected chi connectivity index (χ4v) is 3.67. The van der Waals surface area contributed by atoms with Crippen molar-refractivity contribution in [2.24, 2.45) is 0 Å². The van der Waals surface area contributed by atoms with Crippen molar-refractivity contribution in [2.45, 2.75) is 45.4 Å². The maximum Gasteiger partial charge on any atom is 0.408 e. The van der Waals surface area contributed by atoms with Gasteiger partial charge in [0.15, 0.2) is 0 Å². The summed E-state index contributed by atoms with van der Waals surface area (Å²) in [4.78, 5) is 16.3. The van der Waals surface area contributed by atoms with Crippen LogP contribution in [-0.2, 0) is 17.7 Å². The molecule has 1 heterocycles. The van der Waals surface area contributed by atoms with Gasteiger partial charge in [0.05, 0.1) is 25.2 Å². The lowest BCUT2D eigenvalue weighted by molar-refractivity contribution is 0.0518. The highest BCUT2D eigenvalue weighted by molar-refractivity contribution is 7.80. The second kappa shape index (κ2) is 10.6. The van der Waals surface area contributed by atoms with Crippen LogP contribution in [0.25, 0.3) is 10.9 Å². The van der Waals surface area contributed by atoms with E-state index in [4.69, 9.17) is 26.4 Å². The van der Waals surface area contributed by atoms with Gasteiger partial charge in [-0.15, -0.1) is 0 Å². The average Bonchev–Trinajstić information content (AvgIpc) is 3.18. The zero-order valence-corrected chi connectivity index (χ0v) is 20.5. The molecule has 0 spiro atoms. The SMILES string of the molecule is COc1cc(CNC(=S)[C@@H](Cc2c[nH]c3ccccc23)NC(=O)OC(C)(C)C)cc(OC)c1. The highest BCUT2D eigenvalue weighted by atomic mass is 32.1. The second-order valence-corrected chi connectivity index (χ2v) is 9.14. The average molecular weight is 470 g/mol. The molecule has 33 heavy (non-hydrogen) atoms. The number of aromatic amines is 1. The minimum absolute atomic E-state index is 0.451. The van der Waals surface area contributed by atoms with Gasteiger partial charge < -0.3 is 29.8 Å². The number of hydrogen-bond donors (Lipinski definition) is 3. The number of ether oxygens (including phenoxy) is 3. The van der Waals surface area contributed by atoms with Crippen molar-refractivity contribution in [2.75, 3.05) is 14.2 Å². The van der Waals surface area contributed by atoms with E-state index < -0.39 is 17.7 Å². The molecule has 8 heteroatoms. The van der Waals surface area contributed by atoms with Crippen molar-refractivity contribution in [3.63, 3.8) is 0 Å². The number of thiocarbonyl (C=S) groups is 1. The number of nitrogens with one attached hydrogen (secondary N) is 3. The monoisotopic (exact) mass is 469 g/mol. The van der Waals surface area contributed by atoms with Crippen LogP contribution in [-0.4, -0.2) is 41.9 Å². The lowest BCUT2D eigenvalue weighted by Gasteiger charge is -2.24. The standard InChI is InChI=1S/C25H31N3O4S/c1-25(2,3)32-24(29)28-22(12-17-15-26-21-9-7-6-8-20(17)21)23(33)27-14-16-10-18(30-4)13-19(11-16)31-5/h6-11,13,15,22,26H,12,14H2,1-5H3,(H,27,33)(H,28,29)/t22-/m1/s1. The first-order chi connectivity index (χ1) is 15.7. The fourth-order valence-electron chi connectivity index (χ4n) is 3.46. The summed E-state index contributed by atoms with van der Waals surface area (Å²) < 4.78 is 16.2. The Labute approximate surface area is 199 Å². The largest absolute Gasteiger partial charge is 0.497 e. The van der Waals surface area contributed by atoms with E-state index in [1.165, 1.54) is 0 Å². The molecule has 0 radical (unpaired) electrons. The van der Waals surface area contributed by atoms with E-state index in [1.54, 1.807) is 14.2 Å². The van der Waals surface area contributed by atoms with Crippen molar-refractivity contribution in [3.8, 4) is 11.5 Å². The van der Waals surface area contributed by atoms with Gasteiger partial charge in [-0.05, 0) is 50.1 Å². The molecule has 0 saturated heterocycles. The quantitative estimate of drug-likeness (QED) is 0.413. The van der Waals surface area contributed by atoms with Crippen LogP contribution in [0.15, 0.2) is 48.7 Å². The minimum atomic E-state index is -0.610. The highest BCUT2D eigenvalue weighted by Crippen LogP contribution is 2.23. The number of fused-ring (bicyclic) bond motifs is 1. The van der Waals surface area contributed by atoms with Gasteiger partial charge in [-0.3, -0.25) is 0 Å². The van der Waals surface area contributed by atoms with E-state index in [2.05, 4.69) is 15.6 Å². The van der Waals surface area contributed by atoms with Gasteiger partial charge in [0.25, 0.3) is 0 Å². The number of rotatable bonds is 8. The zero-order chi connectivity index (χ0) is 24.0. The van der Waals surface area contributed by atoms with Crippen LogP contribution in [0.5, 0.6) is 11.5 Å². The lowest BCUT2D eigenvalue weighted by Crippen LogP contribution is -2.48. The Bertz CT molecular complexity index is 1100. The van der Waals surface area contributed by atoms with E-state index in [-0.39, 0.29) is 0 Å². The Morgan fingerprint density at radius 3 is 2.39 bits per heavy atom. The number of methoxy groups -OCH3 is 2. The molecule has 0 aliphatic rings. The molecule has 1 amide bonds. The molecule has 2 aromatic carbocycles. The normalized spacial score (nSPS) is 12.2. The lowest BCUT2D eigenvalue weighted by atomic mass is 10.0. The molecule has 0 saturated carbocycles. The van der Waals surface area contributed by atoms with Crippen LogP contribution in [0.4, 0.5) is 4.79 Å². The van der Waals surface area contributed by atoms with Crippen LogP contribution in [0.1, 0.15) is 31.9 Å². The van der Waals surface area contributed by atoms with Gasteiger partial charge in [-0.2, -0.15) is 0 Å². The van der Waals surface area contributed by atoms with Crippen molar-refractivity contribution in [3.05, 3.63) is 59.8 Å². The van der Waals surface area contributed by atoms with Gasteiger partial charge in [-0.25, -0.2) is 4.79 Å². The van der Waals surface area contributed by atoms with Crippen LogP contribution in [0.3, 0.4) is 0 Å². The molecule has 3 rings (SSSR count). The fraction of sp³-hybridized carbons (Fsp3) is 0.360. The summed E-state index contributed by atoms with van der Waals surface area (Å²) in [7, 11) is 3.22. The minimum Gasteiger partial charge on any atom is -0.497 e. The Morgan fingerprint density at radius 2 is 1.76 bits per heavy atom. The van der Waals surface area contributed by atoms with Gasteiger partial charge in [0.1, 0.15) is 17.1 Å². The van der Waals surface area contributed by atoms with E-state index in [0.29, 0.717) is 29.5 Å². The number of aromatic nitrogens is 1. The number of alkyl carbamates (subject to hydrolysis) is 1. The Kier molecular flexibility index (Phi) is 7.81. The highest BCUT2D eigenvalue weighted by Gasteiger charge is 2.23. The van der Waals surface area contributed by atoms with Gasteiger partial charge >= 0.3 is 6.09 Å². The Balaban J connectivity index is 1.77. The van der Waals surface area contributed by atoms with Gasteiger partial charge in [-0.1, -0.05) is 30.4 Å². The van der Waals surface area contributed by atoms with Crippen molar-refractivity contribution in [1.82, 2.24) is 15.6 Å². The molecule has 0 fully saturated rings. The first-order valence-corrected chi connectivity index (χ1v) is 11.1. The third kappa shape index (κ3) is 6.86. The number of benzene rings is 2. The van der Waals surface area contributed by atoms with E-state index in [0.717, 1.165) is 22.0 Å². The number of H-pyrrole nitrogens is 1. The molecule has 1 atom stereocenters. The van der Waals surface area contributed by atoms with Gasteiger partial charge in [0, 0.05) is 36.1 Å². The first-order valence-electron chi connectivity index (χ1n) is 10.7. The molecule has 176 valence electrons. The molecule has 1 aromatic heterocycles. The molecular formula is C25H31N3O4S. The number of para-hydroxylation sites is 1. The summed E-state index contributed by atoms with van der Waals surface area (Å²) in [6.45, 7) is 5.93. The number of carbonyl (C=O) groups is 1. The predicted molar refractivity (Wildman–Crippen MR) is 134 cm³/mol. The molecule has 7 nitrogen and oxygen atoms in total. The summed E-state index contributed by atoms with van der Waals surface area (Å²) >= 11 is 5.70. The third-order valence-electron chi connectivity index (χ3n) is 4.98. The predicted octanol–water partition coefficient (Wildman–Crippen LogP) is 4.74. The van der Waals surface area contributed by atoms with E-state index in [1.807, 2.05) is 69.4 Å². The van der Waals surface area contributed by atoms with Gasteiger partial charge in [0.2, 0.25) is 0 Å². The number of hydrogen-bond acceptors (Lipinski definition) is 5. The zero-order valence-electron chi connectivity index (χ0n) is 19.7. The van der Waals surface area contributed by atoms with Crippen LogP contribution < -0.4 is 20.1 Å². The maximum absolute atomic E-state index is 12.5. The van der Waals surface area contributed by atoms with E-state index >= 15 is 0 Å².